The summed E-state index contributed by atoms with van der Waals surface area (Å²) in [5, 5.41) is -0.324. The molecule has 1 unspecified atom stereocenters. The van der Waals surface area contributed by atoms with Gasteiger partial charge in [0.15, 0.2) is 11.6 Å². The smallest absolute Gasteiger partial charge is 0.210 e. The van der Waals surface area contributed by atoms with Gasteiger partial charge in [-0.3, -0.25) is 0 Å². The third kappa shape index (κ3) is 4.19. The van der Waals surface area contributed by atoms with Gasteiger partial charge in [-0.2, -0.15) is 0 Å². The molecule has 0 aliphatic carbocycles. The summed E-state index contributed by atoms with van der Waals surface area (Å²) in [5.41, 5.74) is 0. The van der Waals surface area contributed by atoms with E-state index in [0.717, 1.165) is 18.6 Å². The second-order valence-corrected chi connectivity index (χ2v) is 6.20. The van der Waals surface area contributed by atoms with Crippen LogP contribution < -0.4 is 4.72 Å². The molecule has 0 amide bonds. The summed E-state index contributed by atoms with van der Waals surface area (Å²) in [6.07, 6.45) is 1.50. The molecule has 1 N–H and O–H groups in total. The second kappa shape index (κ2) is 6.45. The lowest BCUT2D eigenvalue weighted by atomic mass is 10.2. The van der Waals surface area contributed by atoms with Crippen molar-refractivity contribution in [1.82, 2.24) is 4.72 Å². The first-order chi connectivity index (χ1) is 8.36. The molecule has 0 aromatic heterocycles. The topological polar surface area (TPSA) is 46.2 Å². The van der Waals surface area contributed by atoms with Crippen molar-refractivity contribution in [3.63, 3.8) is 0 Å². The van der Waals surface area contributed by atoms with Gasteiger partial charge in [0, 0.05) is 11.9 Å². The fourth-order valence-corrected chi connectivity index (χ4v) is 2.82. The van der Waals surface area contributed by atoms with E-state index in [0.29, 0.717) is 12.5 Å². The molecule has 0 aliphatic rings. The Balaban J connectivity index is 2.77. The fraction of sp³-hybridized carbons (Fsp3) is 0.455. The van der Waals surface area contributed by atoms with E-state index in [1.807, 2.05) is 6.92 Å². The van der Waals surface area contributed by atoms with Gasteiger partial charge in [-0.15, -0.1) is 11.6 Å². The lowest BCUT2D eigenvalue weighted by Crippen LogP contribution is -2.30. The molecule has 3 nitrogen and oxygen atoms in total. The zero-order chi connectivity index (χ0) is 13.8. The third-order valence-corrected chi connectivity index (χ3v) is 4.09. The number of halogens is 3. The summed E-state index contributed by atoms with van der Waals surface area (Å²) in [6.45, 7) is 1.98. The highest BCUT2D eigenvalue weighted by Crippen LogP contribution is 2.14. The molecule has 0 saturated carbocycles. The van der Waals surface area contributed by atoms with Crippen molar-refractivity contribution in [2.75, 3.05) is 6.54 Å². The number of hydrogen-bond acceptors (Lipinski definition) is 2. The van der Waals surface area contributed by atoms with Crippen LogP contribution in [-0.4, -0.2) is 20.3 Å². The van der Waals surface area contributed by atoms with Gasteiger partial charge < -0.3 is 0 Å². The van der Waals surface area contributed by atoms with Crippen molar-refractivity contribution in [3.8, 4) is 0 Å². The molecule has 18 heavy (non-hydrogen) atoms. The predicted molar refractivity (Wildman–Crippen MR) is 66.1 cm³/mol. The van der Waals surface area contributed by atoms with Crippen molar-refractivity contribution in [1.29, 1.82) is 0 Å². The number of alkyl halides is 1. The molecule has 1 rings (SSSR count). The van der Waals surface area contributed by atoms with Gasteiger partial charge >= 0.3 is 0 Å². The molecule has 1 aromatic rings. The molecule has 1 atom stereocenters. The summed E-state index contributed by atoms with van der Waals surface area (Å²) in [4.78, 5) is -0.318. The van der Waals surface area contributed by atoms with Crippen molar-refractivity contribution in [2.45, 2.75) is 30.0 Å². The Bertz CT molecular complexity index is 508. The molecule has 0 radical (unpaired) electrons. The van der Waals surface area contributed by atoms with Crippen LogP contribution in [0, 0.1) is 11.6 Å². The molecule has 0 spiro atoms. The van der Waals surface area contributed by atoms with Gasteiger partial charge in [0.2, 0.25) is 10.0 Å². The highest BCUT2D eigenvalue weighted by Gasteiger charge is 2.17. The maximum absolute atomic E-state index is 12.9. The predicted octanol–water partition coefficient (Wildman–Crippen LogP) is 2.65. The fourth-order valence-electron chi connectivity index (χ4n) is 1.34. The van der Waals surface area contributed by atoms with Gasteiger partial charge in [0.25, 0.3) is 0 Å². The number of nitrogens with one attached hydrogen (secondary N) is 1. The largest absolute Gasteiger partial charge is 0.240 e. The monoisotopic (exact) mass is 297 g/mol. The molecule has 0 fully saturated rings. The van der Waals surface area contributed by atoms with Crippen molar-refractivity contribution in [3.05, 3.63) is 29.8 Å². The van der Waals surface area contributed by atoms with E-state index in [-0.39, 0.29) is 16.8 Å². The second-order valence-electron chi connectivity index (χ2n) is 3.81. The summed E-state index contributed by atoms with van der Waals surface area (Å²) in [6, 6.07) is 2.42. The quantitative estimate of drug-likeness (QED) is 0.821. The number of hydrogen-bond donors (Lipinski definition) is 1. The van der Waals surface area contributed by atoms with E-state index in [2.05, 4.69) is 4.72 Å². The Labute approximate surface area is 110 Å². The molecule has 7 heteroatoms. The lowest BCUT2D eigenvalue weighted by Gasteiger charge is -2.10. The van der Waals surface area contributed by atoms with Crippen molar-refractivity contribution >= 4 is 21.6 Å². The molecule has 1 aromatic carbocycles. The van der Waals surface area contributed by atoms with E-state index in [1.54, 1.807) is 0 Å². The van der Waals surface area contributed by atoms with Crippen LogP contribution in [0.4, 0.5) is 8.78 Å². The van der Waals surface area contributed by atoms with Gasteiger partial charge in [-0.05, 0) is 24.6 Å². The zero-order valence-electron chi connectivity index (χ0n) is 9.79. The number of rotatable bonds is 6. The summed E-state index contributed by atoms with van der Waals surface area (Å²) >= 11 is 5.87. The van der Waals surface area contributed by atoms with Gasteiger partial charge in [-0.25, -0.2) is 21.9 Å². The van der Waals surface area contributed by atoms with Crippen LogP contribution in [0.15, 0.2) is 23.1 Å². The molecule has 0 aliphatic heterocycles. The Morgan fingerprint density at radius 2 is 2.00 bits per heavy atom. The van der Waals surface area contributed by atoms with Gasteiger partial charge in [0.05, 0.1) is 4.90 Å². The van der Waals surface area contributed by atoms with Gasteiger partial charge in [-0.1, -0.05) is 13.3 Å². The lowest BCUT2D eigenvalue weighted by molar-refractivity contribution is 0.504. The average Bonchev–Trinajstić information content (AvgIpc) is 2.30. The maximum atomic E-state index is 12.9. The minimum Gasteiger partial charge on any atom is -0.210 e. The Hall–Kier alpha value is -0.720. The minimum atomic E-state index is -3.85. The first-order valence-corrected chi connectivity index (χ1v) is 7.37. The SMILES string of the molecule is CCCC(Cl)CNS(=O)(=O)c1ccc(F)c(F)c1. The number of benzene rings is 1. The first-order valence-electron chi connectivity index (χ1n) is 5.45. The molecule has 0 heterocycles. The number of sulfonamides is 1. The maximum Gasteiger partial charge on any atom is 0.240 e. The van der Waals surface area contributed by atoms with E-state index in [9.17, 15) is 17.2 Å². The summed E-state index contributed by atoms with van der Waals surface area (Å²) in [7, 11) is -3.85. The van der Waals surface area contributed by atoms with E-state index < -0.39 is 21.7 Å². The van der Waals surface area contributed by atoms with Crippen LogP contribution in [0.1, 0.15) is 19.8 Å². The zero-order valence-corrected chi connectivity index (χ0v) is 11.4. The average molecular weight is 298 g/mol. The van der Waals surface area contributed by atoms with Crippen LogP contribution in [0.3, 0.4) is 0 Å². The molecule has 102 valence electrons. The van der Waals surface area contributed by atoms with Crippen molar-refractivity contribution in [2.24, 2.45) is 0 Å². The molecular weight excluding hydrogens is 284 g/mol. The first kappa shape index (κ1) is 15.3. The highest BCUT2D eigenvalue weighted by molar-refractivity contribution is 7.89. The van der Waals surface area contributed by atoms with Crippen LogP contribution in [0.25, 0.3) is 0 Å². The normalized spacial score (nSPS) is 13.6. The van der Waals surface area contributed by atoms with E-state index in [1.165, 1.54) is 0 Å². The summed E-state index contributed by atoms with van der Waals surface area (Å²) < 4.78 is 51.4. The van der Waals surface area contributed by atoms with Crippen LogP contribution >= 0.6 is 11.6 Å². The van der Waals surface area contributed by atoms with Crippen LogP contribution in [-0.2, 0) is 10.0 Å². The van der Waals surface area contributed by atoms with E-state index >= 15 is 0 Å². The Morgan fingerprint density at radius 1 is 1.33 bits per heavy atom. The minimum absolute atomic E-state index is 0.0523. The Morgan fingerprint density at radius 3 is 2.56 bits per heavy atom. The molecular formula is C11H14ClF2NO2S. The van der Waals surface area contributed by atoms with Gasteiger partial charge in [0.1, 0.15) is 0 Å². The standard InChI is InChI=1S/C11H14ClF2NO2S/c1-2-3-8(12)7-15-18(16,17)9-4-5-10(13)11(14)6-9/h4-6,8,15H,2-3,7H2,1H3. The van der Waals surface area contributed by atoms with E-state index in [4.69, 9.17) is 11.6 Å². The van der Waals surface area contributed by atoms with Crippen molar-refractivity contribution < 1.29 is 17.2 Å². The summed E-state index contributed by atoms with van der Waals surface area (Å²) in [5.74, 6) is -2.29. The third-order valence-electron chi connectivity index (χ3n) is 2.30. The Kier molecular flexibility index (Phi) is 5.49. The molecule has 0 saturated heterocycles. The van der Waals surface area contributed by atoms with Crippen LogP contribution in [0.2, 0.25) is 0 Å². The highest BCUT2D eigenvalue weighted by atomic mass is 35.5. The molecule has 0 bridgehead atoms. The van der Waals surface area contributed by atoms with Crippen LogP contribution in [0.5, 0.6) is 0 Å².